The van der Waals surface area contributed by atoms with E-state index < -0.39 is 12.7 Å². The molecule has 2 aliphatic rings. The van der Waals surface area contributed by atoms with Crippen LogP contribution in [0, 0.1) is 17.8 Å². The molecule has 47 heavy (non-hydrogen) atoms. The fourth-order valence-corrected chi connectivity index (χ4v) is 6.12. The number of benzene rings is 2. The van der Waals surface area contributed by atoms with Crippen LogP contribution in [0.5, 0.6) is 11.5 Å². The zero-order valence-corrected chi connectivity index (χ0v) is 27.0. The summed E-state index contributed by atoms with van der Waals surface area (Å²) in [5.74, 6) is 6.40. The number of amides is 1. The largest absolute Gasteiger partial charge is 0.496 e. The number of alkyl halides is 3. The van der Waals surface area contributed by atoms with E-state index in [1.807, 2.05) is 6.07 Å². The van der Waals surface area contributed by atoms with Crippen molar-refractivity contribution in [3.05, 3.63) is 47.7 Å². The normalized spacial score (nSPS) is 20.1. The van der Waals surface area contributed by atoms with E-state index in [-0.39, 0.29) is 60.4 Å². The van der Waals surface area contributed by atoms with Crippen molar-refractivity contribution in [3.63, 3.8) is 0 Å². The van der Waals surface area contributed by atoms with Crippen LogP contribution in [0.1, 0.15) is 28.9 Å². The number of likely N-dealkylation sites (tertiary alicyclic amines) is 1. The second-order valence-electron chi connectivity index (χ2n) is 11.7. The van der Waals surface area contributed by atoms with Crippen LogP contribution in [-0.2, 0) is 16.0 Å². The summed E-state index contributed by atoms with van der Waals surface area (Å²) in [5, 5.41) is 10.1. The fourth-order valence-electron chi connectivity index (χ4n) is 6.12. The molecule has 0 unspecified atom stereocenters. The van der Waals surface area contributed by atoms with Gasteiger partial charge in [-0.1, -0.05) is 12.0 Å². The van der Waals surface area contributed by atoms with Gasteiger partial charge in [0.25, 0.3) is 5.91 Å². The van der Waals surface area contributed by atoms with Crippen molar-refractivity contribution < 1.29 is 36.9 Å². The first-order valence-corrected chi connectivity index (χ1v) is 15.8. The molecule has 5 rings (SSSR count). The van der Waals surface area contributed by atoms with Crippen molar-refractivity contribution in [2.45, 2.75) is 31.6 Å². The first-order valence-electron chi connectivity index (χ1n) is 15.8. The van der Waals surface area contributed by atoms with Gasteiger partial charge in [0.15, 0.2) is 0 Å². The summed E-state index contributed by atoms with van der Waals surface area (Å²) in [6.07, 6.45) is -2.72. The lowest BCUT2D eigenvalue weighted by atomic mass is 9.89. The third kappa shape index (κ3) is 8.82. The summed E-state index contributed by atoms with van der Waals surface area (Å²) >= 11 is 0. The highest BCUT2D eigenvalue weighted by atomic mass is 19.4. The zero-order valence-electron chi connectivity index (χ0n) is 27.0. The van der Waals surface area contributed by atoms with Gasteiger partial charge in [-0.05, 0) is 56.5 Å². The summed E-state index contributed by atoms with van der Waals surface area (Å²) < 4.78 is 65.6. The van der Waals surface area contributed by atoms with Gasteiger partial charge in [0.05, 0.1) is 44.7 Å². The first-order chi connectivity index (χ1) is 22.7. The molecule has 0 saturated carbocycles. The monoisotopic (exact) mass is 657 g/mol. The highest BCUT2D eigenvalue weighted by molar-refractivity contribution is 6.00. The standard InChI is InChI=1S/C34H42F3N5O5/c1-38-33(43)32-30(44-3)18-24-19-31(32)47-17-16-46-15-14-45-13-10-23-21-41(2)12-9-27(23)40-28-7-4-8-29-26(28)20-25(6-5-11-39-24)42(29)22-34(35,36)37/h4,7-8,18-20,23,27,39-40H,9-17,21-22H2,1-3H3,(H,38,43)/t23-,27+/m0/s1. The summed E-state index contributed by atoms with van der Waals surface area (Å²) in [4.78, 5) is 15.0. The molecule has 3 N–H and O–H groups in total. The fraction of sp³-hybridized carbons (Fsp3) is 0.500. The number of carbonyl (C=O) groups excluding carboxylic acids is 1. The van der Waals surface area contributed by atoms with Crippen LogP contribution in [0.4, 0.5) is 24.5 Å². The Labute approximate surface area is 272 Å². The van der Waals surface area contributed by atoms with Crippen molar-refractivity contribution in [2.75, 3.05) is 84.5 Å². The number of hydrogen-bond donors (Lipinski definition) is 3. The summed E-state index contributed by atoms with van der Waals surface area (Å²) in [7, 11) is 5.06. The topological polar surface area (TPSA) is 98.2 Å². The third-order valence-corrected chi connectivity index (χ3v) is 8.39. The van der Waals surface area contributed by atoms with E-state index in [1.165, 1.54) is 18.7 Å². The molecule has 2 aromatic carbocycles. The molecule has 1 aromatic heterocycles. The molecule has 1 fully saturated rings. The van der Waals surface area contributed by atoms with Crippen molar-refractivity contribution in [2.24, 2.45) is 5.92 Å². The van der Waals surface area contributed by atoms with E-state index in [4.69, 9.17) is 18.9 Å². The Morgan fingerprint density at radius 3 is 2.66 bits per heavy atom. The first kappa shape index (κ1) is 34.2. The number of aromatic nitrogens is 1. The molecule has 1 amide bonds. The molecule has 3 aromatic rings. The number of hydrogen-bond acceptors (Lipinski definition) is 8. The van der Waals surface area contributed by atoms with Crippen LogP contribution in [0.3, 0.4) is 0 Å². The molecule has 1 saturated heterocycles. The second-order valence-corrected chi connectivity index (χ2v) is 11.7. The molecule has 2 atom stereocenters. The van der Waals surface area contributed by atoms with E-state index >= 15 is 0 Å². The highest BCUT2D eigenvalue weighted by Crippen LogP contribution is 2.34. The van der Waals surface area contributed by atoms with E-state index in [9.17, 15) is 18.0 Å². The molecule has 0 spiro atoms. The molecule has 0 radical (unpaired) electrons. The van der Waals surface area contributed by atoms with Crippen molar-refractivity contribution >= 4 is 28.2 Å². The smallest absolute Gasteiger partial charge is 0.406 e. The zero-order chi connectivity index (χ0) is 33.4. The molecular weight excluding hydrogens is 615 g/mol. The average molecular weight is 658 g/mol. The maximum absolute atomic E-state index is 13.8. The quantitative estimate of drug-likeness (QED) is 0.353. The van der Waals surface area contributed by atoms with Crippen LogP contribution in [0.25, 0.3) is 10.9 Å². The number of nitrogens with zero attached hydrogens (tertiary/aromatic N) is 2. The van der Waals surface area contributed by atoms with Crippen molar-refractivity contribution in [1.82, 2.24) is 14.8 Å². The third-order valence-electron chi connectivity index (χ3n) is 8.39. The van der Waals surface area contributed by atoms with Gasteiger partial charge in [-0.2, -0.15) is 13.2 Å². The Morgan fingerprint density at radius 1 is 1.11 bits per heavy atom. The Morgan fingerprint density at radius 2 is 1.89 bits per heavy atom. The molecule has 254 valence electrons. The predicted octanol–water partition coefficient (Wildman–Crippen LogP) is 4.58. The number of fused-ring (bicyclic) bond motifs is 4. The Kier molecular flexibility index (Phi) is 11.4. The van der Waals surface area contributed by atoms with Gasteiger partial charge < -0.3 is 44.4 Å². The maximum atomic E-state index is 13.8. The molecule has 4 bridgehead atoms. The lowest BCUT2D eigenvalue weighted by Crippen LogP contribution is -2.45. The molecule has 13 heteroatoms. The number of methoxy groups -OCH3 is 1. The maximum Gasteiger partial charge on any atom is 0.406 e. The lowest BCUT2D eigenvalue weighted by Gasteiger charge is -2.38. The Hall–Kier alpha value is -4.12. The number of carbonyl (C=O) groups is 1. The predicted molar refractivity (Wildman–Crippen MR) is 175 cm³/mol. The SMILES string of the molecule is CNC(=O)c1c(OC)cc2cc1OCCOCCOCC[C@H]1CN(C)CC[C@H]1Nc1cccc3c1cc(n3CC(F)(F)F)C#CCN2. The molecule has 10 nitrogen and oxygen atoms in total. The summed E-state index contributed by atoms with van der Waals surface area (Å²) in [5.41, 5.74) is 2.29. The van der Waals surface area contributed by atoms with E-state index in [0.717, 1.165) is 31.6 Å². The van der Waals surface area contributed by atoms with Crippen molar-refractivity contribution in [3.8, 4) is 23.3 Å². The van der Waals surface area contributed by atoms with Crippen LogP contribution in [-0.4, -0.2) is 101 Å². The van der Waals surface area contributed by atoms with Crippen LogP contribution in [0.2, 0.25) is 0 Å². The number of halogens is 3. The Balaban J connectivity index is 1.49. The van der Waals surface area contributed by atoms with Crippen LogP contribution in [0.15, 0.2) is 36.4 Å². The van der Waals surface area contributed by atoms with Gasteiger partial charge in [0.2, 0.25) is 0 Å². The highest BCUT2D eigenvalue weighted by Gasteiger charge is 2.31. The molecule has 2 aliphatic heterocycles. The van der Waals surface area contributed by atoms with Gasteiger partial charge in [-0.25, -0.2) is 0 Å². The minimum atomic E-state index is -4.43. The van der Waals surface area contributed by atoms with Gasteiger partial charge >= 0.3 is 6.18 Å². The Bertz CT molecular complexity index is 1600. The molecular formula is C34H42F3N5O5. The number of ether oxygens (including phenoxy) is 4. The number of anilines is 2. The number of rotatable bonds is 3. The minimum Gasteiger partial charge on any atom is -0.496 e. The van der Waals surface area contributed by atoms with Gasteiger partial charge in [-0.15, -0.1) is 0 Å². The minimum absolute atomic E-state index is 0.112. The summed E-state index contributed by atoms with van der Waals surface area (Å²) in [6, 6.07) is 10.6. The van der Waals surface area contributed by atoms with Crippen LogP contribution >= 0.6 is 0 Å². The lowest BCUT2D eigenvalue weighted by molar-refractivity contribution is -0.140. The summed E-state index contributed by atoms with van der Waals surface area (Å²) in [6.45, 7) is 2.58. The molecule has 0 aliphatic carbocycles. The number of piperidine rings is 1. The van der Waals surface area contributed by atoms with Crippen molar-refractivity contribution in [1.29, 1.82) is 0 Å². The van der Waals surface area contributed by atoms with E-state index in [2.05, 4.69) is 39.7 Å². The van der Waals surface area contributed by atoms with Gasteiger partial charge in [0, 0.05) is 55.1 Å². The van der Waals surface area contributed by atoms with Gasteiger partial charge in [0.1, 0.15) is 30.2 Å². The second kappa shape index (κ2) is 15.6. The molecule has 3 heterocycles. The van der Waals surface area contributed by atoms with E-state index in [1.54, 1.807) is 30.3 Å². The van der Waals surface area contributed by atoms with Crippen LogP contribution < -0.4 is 25.4 Å². The van der Waals surface area contributed by atoms with E-state index in [0.29, 0.717) is 36.4 Å². The average Bonchev–Trinajstić information content (AvgIpc) is 3.38. The van der Waals surface area contributed by atoms with Gasteiger partial charge in [-0.3, -0.25) is 4.79 Å². The number of nitrogens with one attached hydrogen (secondary N) is 3.